The van der Waals surface area contributed by atoms with E-state index in [1.807, 2.05) is 0 Å². The van der Waals surface area contributed by atoms with Crippen molar-refractivity contribution in [2.45, 2.75) is 32.6 Å². The zero-order chi connectivity index (χ0) is 9.26. The van der Waals surface area contributed by atoms with E-state index in [9.17, 15) is 0 Å². The monoisotopic (exact) mass is 180 g/mol. The van der Waals surface area contributed by atoms with Crippen molar-refractivity contribution >= 4 is 6.08 Å². The molecule has 1 aliphatic rings. The molecule has 0 heterocycles. The summed E-state index contributed by atoms with van der Waals surface area (Å²) < 4.78 is 0. The summed E-state index contributed by atoms with van der Waals surface area (Å²) in [5, 5.41) is 0. The molecule has 0 saturated carbocycles. The van der Waals surface area contributed by atoms with E-state index in [1.165, 1.54) is 29.5 Å². The quantitative estimate of drug-likeness (QED) is 0.598. The van der Waals surface area contributed by atoms with Crippen molar-refractivity contribution in [3.63, 3.8) is 0 Å². The summed E-state index contributed by atoms with van der Waals surface area (Å²) in [5.41, 5.74) is 4.49. The molecule has 1 aromatic carbocycles. The van der Waals surface area contributed by atoms with Gasteiger partial charge in [0, 0.05) is 5.92 Å². The van der Waals surface area contributed by atoms with Gasteiger partial charge in [-0.3, -0.25) is 0 Å². The number of fused-ring (bicyclic) bond motifs is 1. The van der Waals surface area contributed by atoms with Crippen LogP contribution in [0.25, 0.3) is 6.08 Å². The number of benzene rings is 1. The molecule has 1 heteroatoms. The molecule has 1 atom stereocenters. The molecule has 0 spiro atoms. The van der Waals surface area contributed by atoms with Gasteiger partial charge in [0.25, 0.3) is 0 Å². The normalized spacial score (nSPS) is 18.4. The van der Waals surface area contributed by atoms with Gasteiger partial charge in [0.1, 0.15) is 0 Å². The average molecular weight is 180 g/mol. The van der Waals surface area contributed by atoms with Crippen LogP contribution >= 0.6 is 0 Å². The molecule has 1 aliphatic carbocycles. The smallest absolute Gasteiger partial charge is 1.00 e. The van der Waals surface area contributed by atoms with Crippen molar-refractivity contribution in [3.8, 4) is 0 Å². The second kappa shape index (κ2) is 4.87. The fourth-order valence-electron chi connectivity index (χ4n) is 2.22. The van der Waals surface area contributed by atoms with Crippen molar-refractivity contribution in [3.05, 3.63) is 41.0 Å². The second-order valence-corrected chi connectivity index (χ2v) is 3.86. The van der Waals surface area contributed by atoms with E-state index in [1.54, 1.807) is 0 Å². The van der Waals surface area contributed by atoms with Gasteiger partial charge in [0.2, 0.25) is 0 Å². The van der Waals surface area contributed by atoms with E-state index in [4.69, 9.17) is 0 Å². The summed E-state index contributed by atoms with van der Waals surface area (Å²) >= 11 is 0. The van der Waals surface area contributed by atoms with Crippen LogP contribution < -0.4 is 18.9 Å². The Bertz CT molecular complexity index is 344. The van der Waals surface area contributed by atoms with Crippen LogP contribution in [0.2, 0.25) is 0 Å². The van der Waals surface area contributed by atoms with Crippen LogP contribution in [0.1, 0.15) is 45.2 Å². The molecule has 70 valence electrons. The van der Waals surface area contributed by atoms with Gasteiger partial charge in [-0.25, -0.2) is 0 Å². The minimum Gasteiger partial charge on any atom is -1.00 e. The molecule has 0 N–H and O–H groups in total. The van der Waals surface area contributed by atoms with Gasteiger partial charge >= 0.3 is 18.9 Å². The standard InChI is InChI=1S/C13H16.Li.H/c1-3-6-12-10(2)9-11-7-4-5-8-13(11)12;;/h4-5,7-9,12H,3,6H2,1-2H3;;/q;+1;-1. The molecule has 14 heavy (non-hydrogen) atoms. The van der Waals surface area contributed by atoms with E-state index >= 15 is 0 Å². The molecule has 2 rings (SSSR count). The van der Waals surface area contributed by atoms with Crippen LogP contribution in [-0.2, 0) is 0 Å². The summed E-state index contributed by atoms with van der Waals surface area (Å²) in [6.07, 6.45) is 4.89. The SMILES string of the molecule is CCCC1C(C)=Cc2ccccc21.[H-].[Li+]. The maximum absolute atomic E-state index is 2.33. The van der Waals surface area contributed by atoms with Crippen molar-refractivity contribution in [1.29, 1.82) is 0 Å². The third kappa shape index (κ3) is 1.97. The molecule has 0 aromatic heterocycles. The van der Waals surface area contributed by atoms with Crippen LogP contribution in [0.15, 0.2) is 29.8 Å². The Morgan fingerprint density at radius 3 is 2.71 bits per heavy atom. The van der Waals surface area contributed by atoms with Crippen molar-refractivity contribution in [1.82, 2.24) is 0 Å². The molecule has 0 aliphatic heterocycles. The summed E-state index contributed by atoms with van der Waals surface area (Å²) in [6.45, 7) is 4.51. The van der Waals surface area contributed by atoms with Crippen LogP contribution in [-0.4, -0.2) is 0 Å². The second-order valence-electron chi connectivity index (χ2n) is 3.86. The van der Waals surface area contributed by atoms with Crippen LogP contribution in [0.5, 0.6) is 0 Å². The largest absolute Gasteiger partial charge is 1.00 e. The fraction of sp³-hybridized carbons (Fsp3) is 0.385. The van der Waals surface area contributed by atoms with Crippen molar-refractivity contribution in [2.75, 3.05) is 0 Å². The number of hydrogen-bond acceptors (Lipinski definition) is 0. The zero-order valence-electron chi connectivity index (χ0n) is 10.4. The van der Waals surface area contributed by atoms with E-state index in [0.29, 0.717) is 5.92 Å². The fourth-order valence-corrected chi connectivity index (χ4v) is 2.22. The molecular weight excluding hydrogens is 163 g/mol. The Morgan fingerprint density at radius 2 is 2.00 bits per heavy atom. The first-order chi connectivity index (χ1) is 6.33. The predicted octanol–water partition coefficient (Wildman–Crippen LogP) is 1.10. The Balaban J connectivity index is 0.000000980. The van der Waals surface area contributed by atoms with Gasteiger partial charge in [-0.15, -0.1) is 0 Å². The Labute approximate surface area is 100 Å². The van der Waals surface area contributed by atoms with Gasteiger partial charge in [-0.2, -0.15) is 0 Å². The summed E-state index contributed by atoms with van der Waals surface area (Å²) in [4.78, 5) is 0. The number of allylic oxidation sites excluding steroid dienone is 1. The Morgan fingerprint density at radius 1 is 1.29 bits per heavy atom. The first-order valence-corrected chi connectivity index (χ1v) is 5.10. The first-order valence-electron chi connectivity index (χ1n) is 5.10. The van der Waals surface area contributed by atoms with E-state index in [0.717, 1.165) is 0 Å². The van der Waals surface area contributed by atoms with E-state index < -0.39 is 0 Å². The summed E-state index contributed by atoms with van der Waals surface area (Å²) in [7, 11) is 0. The molecule has 0 nitrogen and oxygen atoms in total. The van der Waals surface area contributed by atoms with Gasteiger partial charge in [0.15, 0.2) is 0 Å². The molecule has 0 radical (unpaired) electrons. The third-order valence-electron chi connectivity index (χ3n) is 2.88. The Hall–Kier alpha value is -0.443. The Kier molecular flexibility index (Phi) is 4.05. The van der Waals surface area contributed by atoms with Crippen LogP contribution in [0.3, 0.4) is 0 Å². The van der Waals surface area contributed by atoms with E-state index in [-0.39, 0.29) is 20.3 Å². The predicted molar refractivity (Wildman–Crippen MR) is 58.9 cm³/mol. The molecular formula is C13H17Li. The topological polar surface area (TPSA) is 0 Å². The minimum absolute atomic E-state index is 0. The van der Waals surface area contributed by atoms with E-state index in [2.05, 4.69) is 44.2 Å². The van der Waals surface area contributed by atoms with Crippen LogP contribution in [0, 0.1) is 0 Å². The van der Waals surface area contributed by atoms with Gasteiger partial charge < -0.3 is 1.43 Å². The number of rotatable bonds is 2. The van der Waals surface area contributed by atoms with Crippen LogP contribution in [0.4, 0.5) is 0 Å². The first kappa shape index (κ1) is 11.6. The van der Waals surface area contributed by atoms with Crippen molar-refractivity contribution < 1.29 is 20.3 Å². The molecule has 1 aromatic rings. The van der Waals surface area contributed by atoms with Gasteiger partial charge in [0.05, 0.1) is 0 Å². The van der Waals surface area contributed by atoms with Gasteiger partial charge in [-0.05, 0) is 24.5 Å². The maximum Gasteiger partial charge on any atom is 1.00 e. The molecule has 0 saturated heterocycles. The zero-order valence-corrected chi connectivity index (χ0v) is 9.38. The molecule has 1 unspecified atom stereocenters. The van der Waals surface area contributed by atoms with Gasteiger partial charge in [-0.1, -0.05) is 49.3 Å². The summed E-state index contributed by atoms with van der Waals surface area (Å²) in [6, 6.07) is 8.75. The molecule has 0 amide bonds. The average Bonchev–Trinajstić information content (AvgIpc) is 2.44. The third-order valence-corrected chi connectivity index (χ3v) is 2.88. The summed E-state index contributed by atoms with van der Waals surface area (Å²) in [5.74, 6) is 0.696. The molecule has 0 fully saturated rings. The minimum atomic E-state index is 0. The number of hydrogen-bond donors (Lipinski definition) is 0. The molecule has 0 bridgehead atoms. The maximum atomic E-state index is 2.33. The van der Waals surface area contributed by atoms with Crippen molar-refractivity contribution in [2.24, 2.45) is 0 Å².